The van der Waals surface area contributed by atoms with Crippen molar-refractivity contribution in [3.63, 3.8) is 0 Å². The summed E-state index contributed by atoms with van der Waals surface area (Å²) in [6.07, 6.45) is 2.40. The van der Waals surface area contributed by atoms with Crippen molar-refractivity contribution < 1.29 is 0 Å². The number of rotatable bonds is 2. The highest BCUT2D eigenvalue weighted by Gasteiger charge is 2.26. The molecule has 1 atom stereocenters. The Balaban J connectivity index is 1.93. The molecule has 0 amide bonds. The van der Waals surface area contributed by atoms with Crippen LogP contribution in [-0.2, 0) is 0 Å². The Bertz CT molecular complexity index is 640. The molecule has 1 aliphatic heterocycles. The molecule has 0 aliphatic carbocycles. The van der Waals surface area contributed by atoms with Gasteiger partial charge in [-0.05, 0) is 49.1 Å². The van der Waals surface area contributed by atoms with Gasteiger partial charge in [0.15, 0.2) is 0 Å². The molecule has 1 unspecified atom stereocenters. The monoisotopic (exact) mass is 262 g/mol. The minimum absolute atomic E-state index is 0.434. The number of nitrogens with zero attached hydrogens (tertiary/aromatic N) is 2. The third-order valence-electron chi connectivity index (χ3n) is 4.10. The highest BCUT2D eigenvalue weighted by molar-refractivity contribution is 5.51. The fraction of sp³-hybridized carbons (Fsp3) is 0.278. The van der Waals surface area contributed by atoms with Crippen LogP contribution < -0.4 is 4.90 Å². The molecule has 1 fully saturated rings. The van der Waals surface area contributed by atoms with Crippen molar-refractivity contribution in [2.45, 2.75) is 25.8 Å². The number of hydrogen-bond donors (Lipinski definition) is 0. The Morgan fingerprint density at radius 1 is 1.15 bits per heavy atom. The molecule has 0 radical (unpaired) electrons. The van der Waals surface area contributed by atoms with E-state index in [0.29, 0.717) is 6.04 Å². The van der Waals surface area contributed by atoms with Gasteiger partial charge in [-0.3, -0.25) is 0 Å². The molecule has 20 heavy (non-hydrogen) atoms. The second kappa shape index (κ2) is 5.38. The van der Waals surface area contributed by atoms with E-state index in [4.69, 9.17) is 5.26 Å². The summed E-state index contributed by atoms with van der Waals surface area (Å²) in [7, 11) is 0. The molecule has 1 heterocycles. The molecule has 2 heteroatoms. The van der Waals surface area contributed by atoms with Crippen molar-refractivity contribution in [3.05, 3.63) is 65.2 Å². The second-order valence-electron chi connectivity index (χ2n) is 5.37. The van der Waals surface area contributed by atoms with Gasteiger partial charge in [0.1, 0.15) is 0 Å². The van der Waals surface area contributed by atoms with Gasteiger partial charge in [0.05, 0.1) is 17.7 Å². The summed E-state index contributed by atoms with van der Waals surface area (Å²) < 4.78 is 0. The van der Waals surface area contributed by atoms with Gasteiger partial charge in [-0.1, -0.05) is 30.3 Å². The largest absolute Gasteiger partial charge is 0.364 e. The molecule has 1 aliphatic rings. The van der Waals surface area contributed by atoms with Crippen LogP contribution in [0.2, 0.25) is 0 Å². The van der Waals surface area contributed by atoms with Crippen LogP contribution in [0.3, 0.4) is 0 Å². The Morgan fingerprint density at radius 3 is 2.65 bits per heavy atom. The topological polar surface area (TPSA) is 27.0 Å². The molecule has 100 valence electrons. The first-order chi connectivity index (χ1) is 9.79. The minimum atomic E-state index is 0.434. The summed E-state index contributed by atoms with van der Waals surface area (Å²) in [6, 6.07) is 19.5. The first-order valence-corrected chi connectivity index (χ1v) is 7.12. The normalized spacial score (nSPS) is 18.0. The van der Waals surface area contributed by atoms with Crippen molar-refractivity contribution in [1.82, 2.24) is 0 Å². The molecular formula is C18H18N2. The van der Waals surface area contributed by atoms with Crippen LogP contribution in [0.4, 0.5) is 5.69 Å². The third-order valence-corrected chi connectivity index (χ3v) is 4.10. The predicted molar refractivity (Wildman–Crippen MR) is 81.7 cm³/mol. The fourth-order valence-electron chi connectivity index (χ4n) is 3.06. The maximum absolute atomic E-state index is 9.04. The Hall–Kier alpha value is -2.27. The lowest BCUT2D eigenvalue weighted by molar-refractivity contribution is 0.718. The van der Waals surface area contributed by atoms with Crippen LogP contribution in [0.15, 0.2) is 48.5 Å². The molecule has 2 aromatic rings. The Labute approximate surface area is 120 Å². The molecule has 0 N–H and O–H groups in total. The standard InChI is InChI=1S/C18H18N2/c1-14-12-15(9-10-16(14)13-19)18-8-5-11-20(18)17-6-3-2-4-7-17/h2-4,6-7,9-10,12,18H,5,8,11H2,1H3. The van der Waals surface area contributed by atoms with Gasteiger partial charge in [-0.15, -0.1) is 0 Å². The van der Waals surface area contributed by atoms with Gasteiger partial charge in [0.25, 0.3) is 0 Å². The maximum atomic E-state index is 9.04. The Kier molecular flexibility index (Phi) is 3.43. The highest BCUT2D eigenvalue weighted by Crippen LogP contribution is 2.36. The van der Waals surface area contributed by atoms with Crippen molar-refractivity contribution in [1.29, 1.82) is 5.26 Å². The van der Waals surface area contributed by atoms with Crippen LogP contribution in [-0.4, -0.2) is 6.54 Å². The molecule has 0 bridgehead atoms. The average molecular weight is 262 g/mol. The first kappa shape index (κ1) is 12.7. The number of hydrogen-bond acceptors (Lipinski definition) is 2. The molecule has 0 spiro atoms. The molecule has 0 aromatic heterocycles. The van der Waals surface area contributed by atoms with Gasteiger partial charge in [0, 0.05) is 12.2 Å². The van der Waals surface area contributed by atoms with E-state index in [2.05, 4.69) is 53.4 Å². The molecular weight excluding hydrogens is 244 g/mol. The van der Waals surface area contributed by atoms with Gasteiger partial charge >= 0.3 is 0 Å². The van der Waals surface area contributed by atoms with E-state index in [1.807, 2.05) is 13.0 Å². The quantitative estimate of drug-likeness (QED) is 0.810. The lowest BCUT2D eigenvalue weighted by Gasteiger charge is -2.27. The van der Waals surface area contributed by atoms with Gasteiger partial charge < -0.3 is 4.90 Å². The van der Waals surface area contributed by atoms with Crippen molar-refractivity contribution in [2.24, 2.45) is 0 Å². The van der Waals surface area contributed by atoms with Crippen LogP contribution >= 0.6 is 0 Å². The predicted octanol–water partition coefficient (Wildman–Crippen LogP) is 4.21. The summed E-state index contributed by atoms with van der Waals surface area (Å²) in [5.41, 5.74) is 4.46. The van der Waals surface area contributed by atoms with E-state index >= 15 is 0 Å². The summed E-state index contributed by atoms with van der Waals surface area (Å²) in [5, 5.41) is 9.04. The number of nitriles is 1. The van der Waals surface area contributed by atoms with Gasteiger partial charge in [-0.2, -0.15) is 5.26 Å². The SMILES string of the molecule is Cc1cc(C2CCCN2c2ccccc2)ccc1C#N. The number of para-hydroxylation sites is 1. The number of anilines is 1. The second-order valence-corrected chi connectivity index (χ2v) is 5.37. The molecule has 0 saturated carbocycles. The first-order valence-electron chi connectivity index (χ1n) is 7.12. The van der Waals surface area contributed by atoms with E-state index in [1.54, 1.807) is 0 Å². The lowest BCUT2D eigenvalue weighted by atomic mass is 9.99. The summed E-state index contributed by atoms with van der Waals surface area (Å²) >= 11 is 0. The summed E-state index contributed by atoms with van der Waals surface area (Å²) in [4.78, 5) is 2.47. The minimum Gasteiger partial charge on any atom is -0.364 e. The number of aryl methyl sites for hydroxylation is 1. The zero-order valence-electron chi connectivity index (χ0n) is 11.7. The van der Waals surface area contributed by atoms with Gasteiger partial charge in [-0.25, -0.2) is 0 Å². The van der Waals surface area contributed by atoms with Gasteiger partial charge in [0.2, 0.25) is 0 Å². The van der Waals surface area contributed by atoms with Crippen LogP contribution in [0, 0.1) is 18.3 Å². The molecule has 2 nitrogen and oxygen atoms in total. The van der Waals surface area contributed by atoms with Crippen molar-refractivity contribution in [3.8, 4) is 6.07 Å². The number of benzene rings is 2. The van der Waals surface area contributed by atoms with E-state index in [1.165, 1.54) is 24.1 Å². The van der Waals surface area contributed by atoms with E-state index < -0.39 is 0 Å². The third kappa shape index (κ3) is 2.28. The molecule has 3 rings (SSSR count). The Morgan fingerprint density at radius 2 is 1.95 bits per heavy atom. The maximum Gasteiger partial charge on any atom is 0.0994 e. The zero-order chi connectivity index (χ0) is 13.9. The van der Waals surface area contributed by atoms with E-state index in [9.17, 15) is 0 Å². The van der Waals surface area contributed by atoms with Crippen LogP contribution in [0.1, 0.15) is 35.6 Å². The van der Waals surface area contributed by atoms with Crippen molar-refractivity contribution in [2.75, 3.05) is 11.4 Å². The smallest absolute Gasteiger partial charge is 0.0994 e. The van der Waals surface area contributed by atoms with E-state index in [-0.39, 0.29) is 0 Å². The lowest BCUT2D eigenvalue weighted by Crippen LogP contribution is -2.22. The zero-order valence-corrected chi connectivity index (χ0v) is 11.7. The van der Waals surface area contributed by atoms with Crippen LogP contribution in [0.5, 0.6) is 0 Å². The fourth-order valence-corrected chi connectivity index (χ4v) is 3.06. The van der Waals surface area contributed by atoms with Crippen molar-refractivity contribution >= 4 is 5.69 Å². The average Bonchev–Trinajstić information content (AvgIpc) is 2.97. The van der Waals surface area contributed by atoms with E-state index in [0.717, 1.165) is 17.7 Å². The molecule has 2 aromatic carbocycles. The molecule has 1 saturated heterocycles. The highest BCUT2D eigenvalue weighted by atomic mass is 15.2. The van der Waals surface area contributed by atoms with Crippen LogP contribution in [0.25, 0.3) is 0 Å². The summed E-state index contributed by atoms with van der Waals surface area (Å²) in [5.74, 6) is 0. The summed E-state index contributed by atoms with van der Waals surface area (Å²) in [6.45, 7) is 3.12.